The summed E-state index contributed by atoms with van der Waals surface area (Å²) in [7, 11) is -1.40. The van der Waals surface area contributed by atoms with E-state index in [1.54, 1.807) is 0 Å². The molecule has 0 aliphatic rings. The van der Waals surface area contributed by atoms with E-state index in [1.165, 1.54) is 23.9 Å². The van der Waals surface area contributed by atoms with E-state index in [2.05, 4.69) is 31.1 Å². The predicted molar refractivity (Wildman–Crippen MR) is 96.8 cm³/mol. The molecule has 2 aromatic rings. The third-order valence-corrected chi connectivity index (χ3v) is 5.18. The zero-order chi connectivity index (χ0) is 17.8. The molecule has 2 aromatic carbocycles. The minimum Gasteiger partial charge on any atom is -0.166 e. The molecule has 0 radical (unpaired) electrons. The fraction of sp³-hybridized carbons (Fsp3) is 0.263. The second-order valence-electron chi connectivity index (χ2n) is 6.46. The highest BCUT2D eigenvalue weighted by Gasteiger charge is 2.29. The molecule has 0 fully saturated rings. The Bertz CT molecular complexity index is 747. The summed E-state index contributed by atoms with van der Waals surface area (Å²) in [5.74, 6) is 3.25. The van der Waals surface area contributed by atoms with Crippen molar-refractivity contribution in [3.63, 3.8) is 0 Å². The zero-order valence-corrected chi connectivity index (χ0v) is 15.7. The minimum atomic E-state index is -4.30. The molecule has 0 saturated carbocycles. The predicted octanol–water partition coefficient (Wildman–Crippen LogP) is 6.28. The Kier molecular flexibility index (Phi) is 5.84. The fourth-order valence-corrected chi connectivity index (χ4v) is 3.56. The van der Waals surface area contributed by atoms with Gasteiger partial charge >= 0.3 is 6.18 Å². The molecule has 0 aliphatic heterocycles. The van der Waals surface area contributed by atoms with Crippen LogP contribution in [0.4, 0.5) is 13.2 Å². The van der Waals surface area contributed by atoms with Crippen molar-refractivity contribution in [3.05, 3.63) is 59.7 Å². The molecule has 126 valence electrons. The van der Waals surface area contributed by atoms with Gasteiger partial charge in [0, 0.05) is 16.2 Å². The van der Waals surface area contributed by atoms with E-state index >= 15 is 0 Å². The normalized spacial score (nSPS) is 11.8. The Labute approximate surface area is 146 Å². The Balaban J connectivity index is 2.16. The van der Waals surface area contributed by atoms with Gasteiger partial charge in [-0.05, 0) is 35.9 Å². The van der Waals surface area contributed by atoms with Crippen molar-refractivity contribution in [1.82, 2.24) is 0 Å². The van der Waals surface area contributed by atoms with E-state index < -0.39 is 19.8 Å². The van der Waals surface area contributed by atoms with Gasteiger partial charge < -0.3 is 0 Å². The maximum Gasteiger partial charge on any atom is 0.416 e. The van der Waals surface area contributed by atoms with Gasteiger partial charge in [-0.2, -0.15) is 13.2 Å². The lowest BCUT2D eigenvalue weighted by Gasteiger charge is -2.09. The minimum absolute atomic E-state index is 0.624. The third-order valence-electron chi connectivity index (χ3n) is 3.12. The SMILES string of the molecule is C[Si](C)(C)C#CCc1ccccc1Sc1ccc(C(F)(F)F)cc1. The summed E-state index contributed by atoms with van der Waals surface area (Å²) in [5.41, 5.74) is 3.82. The van der Waals surface area contributed by atoms with Crippen molar-refractivity contribution in [2.24, 2.45) is 0 Å². The van der Waals surface area contributed by atoms with Gasteiger partial charge in [-0.1, -0.05) is 49.6 Å². The molecular formula is C19H19F3SSi. The van der Waals surface area contributed by atoms with Gasteiger partial charge in [0.15, 0.2) is 0 Å². The highest BCUT2D eigenvalue weighted by Crippen LogP contribution is 2.34. The van der Waals surface area contributed by atoms with Crippen molar-refractivity contribution in [1.29, 1.82) is 0 Å². The van der Waals surface area contributed by atoms with Crippen LogP contribution >= 0.6 is 11.8 Å². The topological polar surface area (TPSA) is 0 Å². The average molecular weight is 365 g/mol. The molecule has 0 atom stereocenters. The highest BCUT2D eigenvalue weighted by molar-refractivity contribution is 7.99. The monoisotopic (exact) mass is 364 g/mol. The van der Waals surface area contributed by atoms with Crippen LogP contribution in [-0.2, 0) is 12.6 Å². The maximum atomic E-state index is 12.6. The molecule has 2 rings (SSSR count). The lowest BCUT2D eigenvalue weighted by Crippen LogP contribution is -2.16. The Morgan fingerprint density at radius 2 is 1.58 bits per heavy atom. The van der Waals surface area contributed by atoms with Crippen LogP contribution in [0.2, 0.25) is 19.6 Å². The van der Waals surface area contributed by atoms with E-state index in [4.69, 9.17) is 0 Å². The van der Waals surface area contributed by atoms with Gasteiger partial charge in [0.2, 0.25) is 0 Å². The first-order chi connectivity index (χ1) is 11.1. The summed E-state index contributed by atoms with van der Waals surface area (Å²) in [6, 6.07) is 13.2. The van der Waals surface area contributed by atoms with E-state index in [0.29, 0.717) is 6.42 Å². The van der Waals surface area contributed by atoms with Crippen molar-refractivity contribution in [3.8, 4) is 11.5 Å². The van der Waals surface area contributed by atoms with Crippen molar-refractivity contribution >= 4 is 19.8 Å². The third kappa shape index (κ3) is 5.77. The van der Waals surface area contributed by atoms with Gasteiger partial charge in [-0.3, -0.25) is 0 Å². The fourth-order valence-electron chi connectivity index (χ4n) is 1.99. The standard InChI is InChI=1S/C19H19F3SSi/c1-24(2,3)14-6-8-15-7-4-5-9-18(15)23-17-12-10-16(11-13-17)19(20,21)22/h4-5,7,9-13H,8H2,1-3H3. The molecule has 24 heavy (non-hydrogen) atoms. The lowest BCUT2D eigenvalue weighted by atomic mass is 10.2. The summed E-state index contributed by atoms with van der Waals surface area (Å²) in [6.45, 7) is 6.59. The lowest BCUT2D eigenvalue weighted by molar-refractivity contribution is -0.137. The van der Waals surface area contributed by atoms with Gasteiger partial charge in [-0.15, -0.1) is 11.5 Å². The first kappa shape index (κ1) is 18.7. The Morgan fingerprint density at radius 1 is 0.958 bits per heavy atom. The molecule has 0 spiro atoms. The molecule has 0 amide bonds. The molecule has 0 aliphatic carbocycles. The molecule has 0 saturated heterocycles. The summed E-state index contributed by atoms with van der Waals surface area (Å²) >= 11 is 1.47. The number of halogens is 3. The summed E-state index contributed by atoms with van der Waals surface area (Å²) in [6.07, 6.45) is -3.64. The van der Waals surface area contributed by atoms with Gasteiger partial charge in [0.25, 0.3) is 0 Å². The largest absolute Gasteiger partial charge is 0.416 e. The number of rotatable bonds is 3. The summed E-state index contributed by atoms with van der Waals surface area (Å²) in [4.78, 5) is 1.82. The van der Waals surface area contributed by atoms with E-state index in [1.807, 2.05) is 24.3 Å². The Hall–Kier alpha value is -1.64. The first-order valence-electron chi connectivity index (χ1n) is 7.58. The highest BCUT2D eigenvalue weighted by atomic mass is 32.2. The van der Waals surface area contributed by atoms with E-state index in [-0.39, 0.29) is 0 Å². The van der Waals surface area contributed by atoms with Crippen LogP contribution in [0.1, 0.15) is 11.1 Å². The number of benzene rings is 2. The molecule has 5 heteroatoms. The molecule has 0 aromatic heterocycles. The van der Waals surface area contributed by atoms with Crippen LogP contribution in [0.5, 0.6) is 0 Å². The number of hydrogen-bond donors (Lipinski definition) is 0. The smallest absolute Gasteiger partial charge is 0.166 e. The average Bonchev–Trinajstić information content (AvgIpc) is 2.47. The Morgan fingerprint density at radius 3 is 2.17 bits per heavy atom. The number of hydrogen-bond acceptors (Lipinski definition) is 1. The zero-order valence-electron chi connectivity index (χ0n) is 13.9. The van der Waals surface area contributed by atoms with Crippen LogP contribution in [0.3, 0.4) is 0 Å². The van der Waals surface area contributed by atoms with Crippen molar-refractivity contribution < 1.29 is 13.2 Å². The van der Waals surface area contributed by atoms with Gasteiger partial charge in [0.1, 0.15) is 8.07 Å². The van der Waals surface area contributed by atoms with Gasteiger partial charge in [-0.25, -0.2) is 0 Å². The quantitative estimate of drug-likeness (QED) is 0.456. The summed E-state index contributed by atoms with van der Waals surface area (Å²) < 4.78 is 37.9. The molecule has 0 N–H and O–H groups in total. The van der Waals surface area contributed by atoms with Crippen LogP contribution in [0, 0.1) is 11.5 Å². The molecule has 0 heterocycles. The van der Waals surface area contributed by atoms with Gasteiger partial charge in [0.05, 0.1) is 5.56 Å². The molecule has 0 nitrogen and oxygen atoms in total. The first-order valence-corrected chi connectivity index (χ1v) is 11.9. The maximum absolute atomic E-state index is 12.6. The van der Waals surface area contributed by atoms with Crippen molar-refractivity contribution in [2.45, 2.75) is 42.0 Å². The van der Waals surface area contributed by atoms with Crippen LogP contribution in [0.25, 0.3) is 0 Å². The summed E-state index contributed by atoms with van der Waals surface area (Å²) in [5, 5.41) is 0. The second kappa shape index (κ2) is 7.50. The van der Waals surface area contributed by atoms with E-state index in [9.17, 15) is 13.2 Å². The molecular weight excluding hydrogens is 345 g/mol. The van der Waals surface area contributed by atoms with Crippen LogP contribution in [0.15, 0.2) is 58.3 Å². The van der Waals surface area contributed by atoms with E-state index in [0.717, 1.165) is 27.5 Å². The van der Waals surface area contributed by atoms with Crippen LogP contribution in [-0.4, -0.2) is 8.07 Å². The van der Waals surface area contributed by atoms with Crippen molar-refractivity contribution in [2.75, 3.05) is 0 Å². The number of alkyl halides is 3. The molecule has 0 bridgehead atoms. The van der Waals surface area contributed by atoms with Crippen LogP contribution < -0.4 is 0 Å². The second-order valence-corrected chi connectivity index (χ2v) is 12.3. The molecule has 0 unspecified atom stereocenters.